The number of likely N-dealkylation sites (tertiary alicyclic amines) is 1. The molecule has 1 fully saturated rings. The topological polar surface area (TPSA) is 102 Å². The van der Waals surface area contributed by atoms with Crippen LogP contribution in [0.4, 0.5) is 4.79 Å². The molecule has 3 N–H and O–H groups in total. The number of nitrogens with two attached hydrogens (primary N) is 1. The summed E-state index contributed by atoms with van der Waals surface area (Å²) in [5, 5.41) is 8.62. The Hall–Kier alpha value is -2.96. The Bertz CT molecular complexity index is 707. The van der Waals surface area contributed by atoms with E-state index < -0.39 is 5.97 Å². The van der Waals surface area contributed by atoms with Gasteiger partial charge in [-0.15, -0.1) is 0 Å². The fraction of sp³-hybridized carbons (Fsp3) is 0.429. The Morgan fingerprint density at radius 3 is 2.21 bits per heavy atom. The Balaban J connectivity index is 0.000000362. The number of methoxy groups -OCH3 is 2. The number of hydrogen-bond donors (Lipinski definition) is 2. The quantitative estimate of drug-likeness (QED) is 0.570. The highest BCUT2D eigenvalue weighted by molar-refractivity contribution is 5.80. The third-order valence-corrected chi connectivity index (χ3v) is 4.28. The van der Waals surface area contributed by atoms with Gasteiger partial charge in [0.25, 0.3) is 0 Å². The molecule has 0 radical (unpaired) electrons. The summed E-state index contributed by atoms with van der Waals surface area (Å²) in [4.78, 5) is 22.7. The van der Waals surface area contributed by atoms with E-state index in [0.717, 1.165) is 49.6 Å². The highest BCUT2D eigenvalue weighted by atomic mass is 16.5. The van der Waals surface area contributed by atoms with E-state index >= 15 is 0 Å². The van der Waals surface area contributed by atoms with Gasteiger partial charge in [0, 0.05) is 19.2 Å². The van der Waals surface area contributed by atoms with Gasteiger partial charge in [0.15, 0.2) is 11.5 Å². The molecule has 0 bridgehead atoms. The van der Waals surface area contributed by atoms with Crippen LogP contribution in [0.15, 0.2) is 35.9 Å². The molecule has 7 nitrogen and oxygen atoms in total. The molecule has 0 saturated carbocycles. The molecule has 1 heterocycles. The molecule has 154 valence electrons. The van der Waals surface area contributed by atoms with Gasteiger partial charge in [-0.1, -0.05) is 25.1 Å². The van der Waals surface area contributed by atoms with Gasteiger partial charge in [0.1, 0.15) is 0 Å². The average Bonchev–Trinajstić information content (AvgIpc) is 2.71. The summed E-state index contributed by atoms with van der Waals surface area (Å²) in [7, 11) is 3.16. The van der Waals surface area contributed by atoms with Crippen molar-refractivity contribution in [1.29, 1.82) is 0 Å². The van der Waals surface area contributed by atoms with Crippen molar-refractivity contribution < 1.29 is 24.2 Å². The summed E-state index contributed by atoms with van der Waals surface area (Å²) in [5.41, 5.74) is 6.91. The van der Waals surface area contributed by atoms with Crippen molar-refractivity contribution in [3.8, 4) is 11.5 Å². The predicted octanol–water partition coefficient (Wildman–Crippen LogP) is 3.69. The Morgan fingerprint density at radius 2 is 1.75 bits per heavy atom. The summed E-state index contributed by atoms with van der Waals surface area (Å²) in [6.07, 6.45) is 8.87. The summed E-state index contributed by atoms with van der Waals surface area (Å²) < 4.78 is 10.4. The van der Waals surface area contributed by atoms with E-state index in [2.05, 4.69) is 0 Å². The fourth-order valence-corrected chi connectivity index (χ4v) is 2.72. The monoisotopic (exact) mass is 390 g/mol. The van der Waals surface area contributed by atoms with E-state index in [0.29, 0.717) is 11.5 Å². The third-order valence-electron chi connectivity index (χ3n) is 4.28. The molecule has 1 aromatic carbocycles. The van der Waals surface area contributed by atoms with E-state index in [-0.39, 0.29) is 6.03 Å². The molecular weight excluding hydrogens is 360 g/mol. The van der Waals surface area contributed by atoms with Gasteiger partial charge in [0.05, 0.1) is 14.2 Å². The minimum Gasteiger partial charge on any atom is -0.493 e. The van der Waals surface area contributed by atoms with Crippen LogP contribution in [0.25, 0.3) is 6.08 Å². The number of aliphatic carboxylic acids is 1. The number of amides is 2. The average molecular weight is 390 g/mol. The number of carboxylic acid groups (broad SMARTS) is 1. The first-order valence-corrected chi connectivity index (χ1v) is 9.29. The molecular formula is C21H30N2O5. The molecule has 1 aliphatic rings. The molecule has 0 atom stereocenters. The number of piperidine rings is 1. The van der Waals surface area contributed by atoms with Crippen molar-refractivity contribution in [3.05, 3.63) is 41.5 Å². The zero-order valence-electron chi connectivity index (χ0n) is 16.8. The van der Waals surface area contributed by atoms with Crippen LogP contribution in [0.1, 0.15) is 38.2 Å². The van der Waals surface area contributed by atoms with Crippen molar-refractivity contribution in [2.75, 3.05) is 27.3 Å². The first kappa shape index (κ1) is 23.1. The number of allylic oxidation sites excluding steroid dienone is 2. The largest absolute Gasteiger partial charge is 0.493 e. The Labute approximate surface area is 166 Å². The lowest BCUT2D eigenvalue weighted by atomic mass is 10.1. The molecule has 7 heteroatoms. The van der Waals surface area contributed by atoms with E-state index in [1.807, 2.05) is 31.2 Å². The number of carbonyl (C=O) groups excluding carboxylic acids is 1. The zero-order valence-corrected chi connectivity index (χ0v) is 16.8. The van der Waals surface area contributed by atoms with E-state index in [1.165, 1.54) is 6.42 Å². The molecule has 0 unspecified atom stereocenters. The maximum Gasteiger partial charge on any atom is 0.328 e. The van der Waals surface area contributed by atoms with Crippen LogP contribution in [0.2, 0.25) is 0 Å². The van der Waals surface area contributed by atoms with Crippen LogP contribution < -0.4 is 15.2 Å². The smallest absolute Gasteiger partial charge is 0.328 e. The summed E-state index contributed by atoms with van der Waals surface area (Å²) in [6.45, 7) is 3.68. The van der Waals surface area contributed by atoms with Crippen LogP contribution in [-0.2, 0) is 4.79 Å². The molecule has 28 heavy (non-hydrogen) atoms. The summed E-state index contributed by atoms with van der Waals surface area (Å²) >= 11 is 0. The minimum atomic E-state index is -0.952. The Kier molecular flexibility index (Phi) is 10.2. The molecule has 0 spiro atoms. The first-order chi connectivity index (χ1) is 13.4. The fourth-order valence-electron chi connectivity index (χ4n) is 2.72. The van der Waals surface area contributed by atoms with E-state index in [9.17, 15) is 9.59 Å². The van der Waals surface area contributed by atoms with Crippen LogP contribution in [0.3, 0.4) is 0 Å². The van der Waals surface area contributed by atoms with Gasteiger partial charge in [-0.25, -0.2) is 9.59 Å². The molecule has 0 aromatic heterocycles. The van der Waals surface area contributed by atoms with Crippen LogP contribution >= 0.6 is 0 Å². The first-order valence-electron chi connectivity index (χ1n) is 9.29. The van der Waals surface area contributed by atoms with Gasteiger partial charge in [-0.2, -0.15) is 0 Å². The second-order valence-corrected chi connectivity index (χ2v) is 6.24. The number of carboxylic acids is 1. The summed E-state index contributed by atoms with van der Waals surface area (Å²) in [6, 6.07) is 5.29. The van der Waals surface area contributed by atoms with Gasteiger partial charge in [-0.05, 0) is 49.0 Å². The van der Waals surface area contributed by atoms with Gasteiger partial charge in [-0.3, -0.25) is 0 Å². The van der Waals surface area contributed by atoms with Gasteiger partial charge >= 0.3 is 12.0 Å². The highest BCUT2D eigenvalue weighted by Crippen LogP contribution is 2.28. The SMILES string of the molecule is CCC(/C=C/C(=O)O)=C\c1ccc(OC)c(OC)c1.NC(=O)N1CCCCC1. The lowest BCUT2D eigenvalue weighted by Crippen LogP contribution is -2.39. The number of nitrogens with zero attached hydrogens (tertiary/aromatic N) is 1. The zero-order chi connectivity index (χ0) is 20.9. The van der Waals surface area contributed by atoms with Crippen molar-refractivity contribution in [3.63, 3.8) is 0 Å². The maximum absolute atomic E-state index is 10.5. The number of benzene rings is 1. The lowest BCUT2D eigenvalue weighted by Gasteiger charge is -2.24. The number of rotatable bonds is 6. The number of urea groups is 1. The Morgan fingerprint density at radius 1 is 1.11 bits per heavy atom. The summed E-state index contributed by atoms with van der Waals surface area (Å²) in [5.74, 6) is 0.361. The molecule has 1 saturated heterocycles. The number of hydrogen-bond acceptors (Lipinski definition) is 4. The molecule has 0 aliphatic carbocycles. The van der Waals surface area contributed by atoms with Crippen molar-refractivity contribution in [1.82, 2.24) is 4.90 Å². The van der Waals surface area contributed by atoms with Gasteiger partial charge in [0.2, 0.25) is 0 Å². The molecule has 1 aromatic rings. The maximum atomic E-state index is 10.5. The standard InChI is InChI=1S/C15H18O4.C6H12N2O/c1-4-11(6-8-15(16)17)9-12-5-7-13(18-2)14(10-12)19-3;7-6(9)8-4-2-1-3-5-8/h5-10H,4H2,1-3H3,(H,16,17);1-5H2,(H2,7,9)/b8-6+,11-9+;. The van der Waals surface area contributed by atoms with Crippen molar-refractivity contribution in [2.45, 2.75) is 32.6 Å². The van der Waals surface area contributed by atoms with Crippen molar-refractivity contribution >= 4 is 18.1 Å². The number of carbonyl (C=O) groups is 2. The van der Waals surface area contributed by atoms with Crippen molar-refractivity contribution in [2.24, 2.45) is 5.73 Å². The van der Waals surface area contributed by atoms with Gasteiger partial charge < -0.3 is 25.2 Å². The highest BCUT2D eigenvalue weighted by Gasteiger charge is 2.11. The second-order valence-electron chi connectivity index (χ2n) is 6.24. The molecule has 2 rings (SSSR count). The predicted molar refractivity (Wildman–Crippen MR) is 110 cm³/mol. The second kappa shape index (κ2) is 12.4. The number of primary amides is 1. The van der Waals surface area contributed by atoms with Crippen LogP contribution in [-0.4, -0.2) is 49.3 Å². The lowest BCUT2D eigenvalue weighted by molar-refractivity contribution is -0.131. The normalized spacial score (nSPS) is 14.2. The minimum absolute atomic E-state index is 0.269. The van der Waals surface area contributed by atoms with Crippen LogP contribution in [0, 0.1) is 0 Å². The molecule has 2 amide bonds. The molecule has 1 aliphatic heterocycles. The number of ether oxygens (including phenoxy) is 2. The van der Waals surface area contributed by atoms with Crippen LogP contribution in [0.5, 0.6) is 11.5 Å². The van der Waals surface area contributed by atoms with E-state index in [4.69, 9.17) is 20.3 Å². The third kappa shape index (κ3) is 8.16. The van der Waals surface area contributed by atoms with E-state index in [1.54, 1.807) is 25.2 Å².